The first-order chi connectivity index (χ1) is 11.0. The molecule has 1 unspecified atom stereocenters. The molecule has 3 rings (SSSR count). The van der Waals surface area contributed by atoms with Crippen molar-refractivity contribution in [3.05, 3.63) is 57.4 Å². The molecule has 0 spiro atoms. The molecule has 0 radical (unpaired) electrons. The molecule has 0 aromatic heterocycles. The molecule has 1 N–H and O–H groups in total. The number of rotatable bonds is 3. The smallest absolute Gasteiger partial charge is 0.336 e. The molecule has 23 heavy (non-hydrogen) atoms. The summed E-state index contributed by atoms with van der Waals surface area (Å²) >= 11 is 7.59. The van der Waals surface area contributed by atoms with Gasteiger partial charge >= 0.3 is 5.97 Å². The maximum atomic E-state index is 12.5. The Labute approximate surface area is 143 Å². The summed E-state index contributed by atoms with van der Waals surface area (Å²) in [4.78, 5) is 24.9. The fourth-order valence-electron chi connectivity index (χ4n) is 2.97. The summed E-state index contributed by atoms with van der Waals surface area (Å²) in [7, 11) is 0. The van der Waals surface area contributed by atoms with Gasteiger partial charge in [0.05, 0.1) is 18.1 Å². The summed E-state index contributed by atoms with van der Waals surface area (Å²) < 4.78 is 5.21. The van der Waals surface area contributed by atoms with E-state index in [1.165, 1.54) is 11.8 Å². The van der Waals surface area contributed by atoms with Crippen LogP contribution in [0.1, 0.15) is 25.3 Å². The highest BCUT2D eigenvalue weighted by atomic mass is 35.5. The third-order valence-electron chi connectivity index (χ3n) is 3.92. The zero-order valence-electron chi connectivity index (χ0n) is 12.8. The number of nitrogens with one attached hydrogen (secondary N) is 1. The van der Waals surface area contributed by atoms with Crippen LogP contribution in [0.2, 0.25) is 5.02 Å². The molecule has 2 aliphatic rings. The molecule has 0 fully saturated rings. The Kier molecular flexibility index (Phi) is 4.50. The number of carbonyl (C=O) groups excluding carboxylic acids is 2. The van der Waals surface area contributed by atoms with Crippen LogP contribution in [0.5, 0.6) is 0 Å². The first-order valence-corrected chi connectivity index (χ1v) is 8.70. The van der Waals surface area contributed by atoms with Crippen LogP contribution in [0.3, 0.4) is 0 Å². The maximum absolute atomic E-state index is 12.5. The zero-order valence-corrected chi connectivity index (χ0v) is 14.4. The largest absolute Gasteiger partial charge is 0.463 e. The molecule has 0 aliphatic carbocycles. The van der Waals surface area contributed by atoms with Gasteiger partial charge in [-0.1, -0.05) is 41.6 Å². The van der Waals surface area contributed by atoms with Crippen LogP contribution in [0, 0.1) is 0 Å². The number of hydrogen-bond donors (Lipinski definition) is 1. The number of carbonyl (C=O) groups is 2. The van der Waals surface area contributed by atoms with Crippen LogP contribution in [0.25, 0.3) is 0 Å². The number of ether oxygens (including phenoxy) is 1. The van der Waals surface area contributed by atoms with E-state index in [1.54, 1.807) is 13.0 Å². The minimum atomic E-state index is -0.485. The van der Waals surface area contributed by atoms with Gasteiger partial charge in [0.15, 0.2) is 0 Å². The molecule has 2 heterocycles. The lowest BCUT2D eigenvalue weighted by atomic mass is 9.81. The Balaban J connectivity index is 2.18. The molecule has 4 nitrogen and oxygen atoms in total. The van der Waals surface area contributed by atoms with E-state index >= 15 is 0 Å². The van der Waals surface area contributed by atoms with Crippen molar-refractivity contribution in [3.63, 3.8) is 0 Å². The molecule has 0 amide bonds. The number of hydrogen-bond acceptors (Lipinski definition) is 5. The number of halogens is 1. The third kappa shape index (κ3) is 2.79. The normalized spacial score (nSPS) is 20.5. The monoisotopic (exact) mass is 349 g/mol. The molecule has 120 valence electrons. The van der Waals surface area contributed by atoms with E-state index in [4.69, 9.17) is 16.3 Å². The average molecular weight is 350 g/mol. The van der Waals surface area contributed by atoms with E-state index in [-0.39, 0.29) is 11.7 Å². The van der Waals surface area contributed by atoms with Crippen molar-refractivity contribution >= 4 is 34.4 Å². The maximum Gasteiger partial charge on any atom is 0.336 e. The van der Waals surface area contributed by atoms with Gasteiger partial charge in [0.25, 0.3) is 0 Å². The second-order valence-electron chi connectivity index (χ2n) is 5.31. The Morgan fingerprint density at radius 3 is 2.87 bits per heavy atom. The number of esters is 1. The van der Waals surface area contributed by atoms with Gasteiger partial charge in [-0.05, 0) is 25.5 Å². The van der Waals surface area contributed by atoms with E-state index in [9.17, 15) is 9.59 Å². The van der Waals surface area contributed by atoms with Gasteiger partial charge in [-0.2, -0.15) is 0 Å². The minimum Gasteiger partial charge on any atom is -0.463 e. The second-order valence-corrected chi connectivity index (χ2v) is 6.66. The van der Waals surface area contributed by atoms with Gasteiger partial charge < -0.3 is 10.1 Å². The summed E-state index contributed by atoms with van der Waals surface area (Å²) in [5.74, 6) is -0.317. The van der Waals surface area contributed by atoms with E-state index in [1.807, 2.05) is 25.1 Å². The van der Waals surface area contributed by atoms with Crippen molar-refractivity contribution in [2.45, 2.75) is 19.8 Å². The average Bonchev–Trinajstić information content (AvgIpc) is 2.87. The van der Waals surface area contributed by atoms with Gasteiger partial charge in [0, 0.05) is 27.7 Å². The molecule has 2 aliphatic heterocycles. The van der Waals surface area contributed by atoms with Crippen LogP contribution in [-0.2, 0) is 14.3 Å². The van der Waals surface area contributed by atoms with Crippen molar-refractivity contribution in [1.29, 1.82) is 0 Å². The van der Waals surface area contributed by atoms with Crippen molar-refractivity contribution in [3.8, 4) is 0 Å². The van der Waals surface area contributed by atoms with E-state index < -0.39 is 11.9 Å². The number of allylic oxidation sites excluding steroid dienone is 1. The van der Waals surface area contributed by atoms with E-state index in [2.05, 4.69) is 5.32 Å². The molecule has 1 aromatic carbocycles. The highest BCUT2D eigenvalue weighted by Crippen LogP contribution is 2.46. The van der Waals surface area contributed by atoms with Crippen LogP contribution in [-0.4, -0.2) is 23.4 Å². The first kappa shape index (κ1) is 16.1. The standard InChI is InChI=1S/C17H16ClNO3S/c1-3-22-16(20)13-9(2)19-12-8-23-17(21)15(12)14(13)10-6-4-5-7-11(10)18/h4-7,14,19H,3,8H2,1-2H3. The minimum absolute atomic E-state index is 0.0216. The lowest BCUT2D eigenvalue weighted by molar-refractivity contribution is -0.138. The van der Waals surface area contributed by atoms with E-state index in [0.717, 1.165) is 11.3 Å². The summed E-state index contributed by atoms with van der Waals surface area (Å²) in [6.07, 6.45) is 0. The molecular weight excluding hydrogens is 334 g/mol. The highest BCUT2D eigenvalue weighted by molar-refractivity contribution is 8.14. The molecule has 0 saturated heterocycles. The molecule has 0 saturated carbocycles. The molecular formula is C17H16ClNO3S. The lowest BCUT2D eigenvalue weighted by Gasteiger charge is -2.29. The summed E-state index contributed by atoms with van der Waals surface area (Å²) in [5.41, 5.74) is 3.38. The Hall–Kier alpha value is -1.72. The van der Waals surface area contributed by atoms with Crippen LogP contribution in [0.15, 0.2) is 46.8 Å². The Bertz CT molecular complexity index is 754. The molecule has 1 aromatic rings. The van der Waals surface area contributed by atoms with Gasteiger partial charge in [0.2, 0.25) is 5.12 Å². The predicted molar refractivity (Wildman–Crippen MR) is 91.2 cm³/mol. The first-order valence-electron chi connectivity index (χ1n) is 7.34. The zero-order chi connectivity index (χ0) is 16.6. The summed E-state index contributed by atoms with van der Waals surface area (Å²) in [6.45, 7) is 3.86. The predicted octanol–water partition coefficient (Wildman–Crippen LogP) is 3.39. The summed E-state index contributed by atoms with van der Waals surface area (Å²) in [6, 6.07) is 7.30. The van der Waals surface area contributed by atoms with Crippen LogP contribution in [0.4, 0.5) is 0 Å². The van der Waals surface area contributed by atoms with Crippen molar-refractivity contribution in [2.24, 2.45) is 0 Å². The molecule has 0 bridgehead atoms. The second kappa shape index (κ2) is 6.42. The number of thioether (sulfide) groups is 1. The van der Waals surface area contributed by atoms with Gasteiger partial charge in [0.1, 0.15) is 0 Å². The van der Waals surface area contributed by atoms with Crippen molar-refractivity contribution < 1.29 is 14.3 Å². The summed E-state index contributed by atoms with van der Waals surface area (Å²) in [5, 5.41) is 3.70. The highest BCUT2D eigenvalue weighted by Gasteiger charge is 2.41. The molecule has 1 atom stereocenters. The van der Waals surface area contributed by atoms with E-state index in [0.29, 0.717) is 27.6 Å². The number of benzene rings is 1. The molecule has 6 heteroatoms. The van der Waals surface area contributed by atoms with Gasteiger partial charge in [-0.25, -0.2) is 4.79 Å². The fourth-order valence-corrected chi connectivity index (χ4v) is 4.11. The third-order valence-corrected chi connectivity index (χ3v) is 5.18. The van der Waals surface area contributed by atoms with Gasteiger partial charge in [-0.15, -0.1) is 0 Å². The number of dihydropyridines is 1. The van der Waals surface area contributed by atoms with Crippen LogP contribution >= 0.6 is 23.4 Å². The topological polar surface area (TPSA) is 55.4 Å². The van der Waals surface area contributed by atoms with Crippen molar-refractivity contribution in [1.82, 2.24) is 5.32 Å². The fraction of sp³-hybridized carbons (Fsp3) is 0.294. The SMILES string of the molecule is CCOC(=O)C1=C(C)NC2=C(C(=O)SC2)C1c1ccccc1Cl. The van der Waals surface area contributed by atoms with Gasteiger partial charge in [-0.3, -0.25) is 4.79 Å². The lowest BCUT2D eigenvalue weighted by Crippen LogP contribution is -2.30. The quantitative estimate of drug-likeness (QED) is 0.848. The van der Waals surface area contributed by atoms with Crippen LogP contribution < -0.4 is 5.32 Å². The Morgan fingerprint density at radius 1 is 1.43 bits per heavy atom. The van der Waals surface area contributed by atoms with Crippen molar-refractivity contribution in [2.75, 3.05) is 12.4 Å². The Morgan fingerprint density at radius 2 is 2.17 bits per heavy atom.